The van der Waals surface area contributed by atoms with E-state index in [0.717, 1.165) is 4.47 Å². The third-order valence-corrected chi connectivity index (χ3v) is 5.22. The minimum Gasteiger partial charge on any atom is -0.497 e. The number of rotatable bonds is 3. The number of benzene rings is 1. The first-order valence-corrected chi connectivity index (χ1v) is 8.56. The minimum atomic E-state index is -3.74. The molecule has 19 heavy (non-hydrogen) atoms. The highest BCUT2D eigenvalue weighted by Gasteiger charge is 2.38. The number of amides is 1. The summed E-state index contributed by atoms with van der Waals surface area (Å²) in [5.74, 6) is 0.309. The molecule has 0 radical (unpaired) electrons. The van der Waals surface area contributed by atoms with Gasteiger partial charge >= 0.3 is 0 Å². The van der Waals surface area contributed by atoms with E-state index in [-0.39, 0.29) is 18.9 Å². The van der Waals surface area contributed by atoms with E-state index in [0.29, 0.717) is 11.4 Å². The number of halogens is 2. The van der Waals surface area contributed by atoms with Crippen molar-refractivity contribution in [3.63, 3.8) is 0 Å². The van der Waals surface area contributed by atoms with Crippen molar-refractivity contribution < 1.29 is 17.9 Å². The maximum atomic E-state index is 11.9. The van der Waals surface area contributed by atoms with Gasteiger partial charge in [-0.1, -0.05) is 15.9 Å². The van der Waals surface area contributed by atoms with Crippen molar-refractivity contribution in [2.75, 3.05) is 18.6 Å². The number of carbonyl (C=O) groups excluding carboxylic acids is 1. The molecule has 1 amide bonds. The van der Waals surface area contributed by atoms with E-state index < -0.39 is 14.3 Å². The van der Waals surface area contributed by atoms with Crippen molar-refractivity contribution in [2.45, 2.75) is 11.7 Å². The summed E-state index contributed by atoms with van der Waals surface area (Å²) in [5.41, 5.74) is 0.582. The van der Waals surface area contributed by atoms with Crippen LogP contribution in [0.25, 0.3) is 0 Å². The Morgan fingerprint density at radius 2 is 2.11 bits per heavy atom. The van der Waals surface area contributed by atoms with Crippen LogP contribution in [0.3, 0.4) is 0 Å². The van der Waals surface area contributed by atoms with Crippen LogP contribution in [0.2, 0.25) is 0 Å². The number of hydrogen-bond acceptors (Lipinski definition) is 4. The lowest BCUT2D eigenvalue weighted by molar-refractivity contribution is -0.117. The molecule has 1 unspecified atom stereocenters. The fourth-order valence-corrected chi connectivity index (χ4v) is 3.42. The number of nitrogens with zero attached hydrogens (tertiary/aromatic N) is 1. The van der Waals surface area contributed by atoms with Crippen LogP contribution in [-0.4, -0.2) is 33.2 Å². The molecular formula is C11H11BrClNO4S. The van der Waals surface area contributed by atoms with Gasteiger partial charge in [-0.2, -0.15) is 0 Å². The summed E-state index contributed by atoms with van der Waals surface area (Å²) in [4.78, 5) is 13.3. The third kappa shape index (κ3) is 3.21. The average molecular weight is 369 g/mol. The maximum absolute atomic E-state index is 11.9. The van der Waals surface area contributed by atoms with Gasteiger partial charge in [-0.25, -0.2) is 8.42 Å². The molecule has 5 nitrogen and oxygen atoms in total. The van der Waals surface area contributed by atoms with Crippen LogP contribution >= 0.6 is 26.6 Å². The van der Waals surface area contributed by atoms with Crippen LogP contribution in [0.15, 0.2) is 22.7 Å². The zero-order chi connectivity index (χ0) is 14.2. The Morgan fingerprint density at radius 1 is 1.42 bits per heavy atom. The van der Waals surface area contributed by atoms with Gasteiger partial charge in [0.2, 0.25) is 15.0 Å². The van der Waals surface area contributed by atoms with Crippen LogP contribution in [0.5, 0.6) is 5.75 Å². The molecule has 1 saturated heterocycles. The highest BCUT2D eigenvalue weighted by molar-refractivity contribution is 9.10. The molecule has 104 valence electrons. The first-order chi connectivity index (χ1) is 8.81. The molecule has 0 bridgehead atoms. The van der Waals surface area contributed by atoms with Gasteiger partial charge in [0, 0.05) is 39.9 Å². The molecule has 0 spiro atoms. The monoisotopic (exact) mass is 367 g/mol. The largest absolute Gasteiger partial charge is 0.497 e. The first kappa shape index (κ1) is 14.6. The number of carbonyl (C=O) groups is 1. The Hall–Kier alpha value is -0.790. The Labute approximate surface area is 124 Å². The van der Waals surface area contributed by atoms with E-state index in [4.69, 9.17) is 15.4 Å². The van der Waals surface area contributed by atoms with Gasteiger partial charge in [-0.05, 0) is 12.1 Å². The third-order valence-electron chi connectivity index (χ3n) is 2.89. The van der Waals surface area contributed by atoms with Crippen molar-refractivity contribution >= 4 is 47.3 Å². The van der Waals surface area contributed by atoms with Crippen LogP contribution in [0, 0.1) is 0 Å². The maximum Gasteiger partial charge on any atom is 0.237 e. The van der Waals surface area contributed by atoms with Gasteiger partial charge in [0.15, 0.2) is 0 Å². The molecule has 1 aromatic rings. The van der Waals surface area contributed by atoms with Crippen molar-refractivity contribution in [1.82, 2.24) is 0 Å². The summed E-state index contributed by atoms with van der Waals surface area (Å²) in [6.07, 6.45) is -0.0966. The zero-order valence-electron chi connectivity index (χ0n) is 9.97. The lowest BCUT2D eigenvalue weighted by Gasteiger charge is -2.17. The van der Waals surface area contributed by atoms with Crippen LogP contribution in [-0.2, 0) is 13.8 Å². The van der Waals surface area contributed by atoms with Crippen molar-refractivity contribution in [3.8, 4) is 5.75 Å². The molecule has 0 saturated carbocycles. The molecule has 0 aliphatic carbocycles. The van der Waals surface area contributed by atoms with Crippen LogP contribution < -0.4 is 9.64 Å². The normalized spacial score (nSPS) is 19.8. The molecule has 1 aliphatic rings. The van der Waals surface area contributed by atoms with Gasteiger partial charge in [0.25, 0.3) is 0 Å². The highest BCUT2D eigenvalue weighted by Crippen LogP contribution is 2.31. The summed E-state index contributed by atoms with van der Waals surface area (Å²) in [6.45, 7) is 0.0598. The predicted molar refractivity (Wildman–Crippen MR) is 76.2 cm³/mol. The van der Waals surface area contributed by atoms with E-state index in [9.17, 15) is 13.2 Å². The summed E-state index contributed by atoms with van der Waals surface area (Å²) >= 11 is 3.31. The molecule has 0 aromatic heterocycles. The Morgan fingerprint density at radius 3 is 2.63 bits per heavy atom. The van der Waals surface area contributed by atoms with E-state index in [1.54, 1.807) is 18.2 Å². The molecule has 1 aliphatic heterocycles. The topological polar surface area (TPSA) is 63.7 Å². The van der Waals surface area contributed by atoms with E-state index >= 15 is 0 Å². The summed E-state index contributed by atoms with van der Waals surface area (Å²) in [7, 11) is 3.09. The van der Waals surface area contributed by atoms with E-state index in [2.05, 4.69) is 15.9 Å². The molecular weight excluding hydrogens is 358 g/mol. The summed E-state index contributed by atoms with van der Waals surface area (Å²) in [6, 6.07) is 5.15. The Bertz CT molecular complexity index is 619. The second-order valence-corrected chi connectivity index (χ2v) is 7.98. The van der Waals surface area contributed by atoms with E-state index in [1.165, 1.54) is 12.0 Å². The number of anilines is 1. The van der Waals surface area contributed by atoms with Crippen molar-refractivity contribution in [1.29, 1.82) is 0 Å². The molecule has 1 fully saturated rings. The molecule has 1 heterocycles. The second kappa shape index (κ2) is 5.30. The molecule has 0 N–H and O–H groups in total. The smallest absolute Gasteiger partial charge is 0.237 e. The SMILES string of the molecule is COc1cc(Br)cc(N2CC(S(=O)(=O)Cl)CC2=O)c1. The average Bonchev–Trinajstić information content (AvgIpc) is 2.70. The number of ether oxygens (including phenoxy) is 1. The second-order valence-electron chi connectivity index (χ2n) is 4.16. The minimum absolute atomic E-state index is 0.0598. The van der Waals surface area contributed by atoms with Gasteiger partial charge in [0.1, 0.15) is 11.0 Å². The van der Waals surface area contributed by atoms with Crippen LogP contribution in [0.4, 0.5) is 5.69 Å². The van der Waals surface area contributed by atoms with Crippen molar-refractivity contribution in [3.05, 3.63) is 22.7 Å². The van der Waals surface area contributed by atoms with E-state index in [1.807, 2.05) is 0 Å². The number of hydrogen-bond donors (Lipinski definition) is 0. The lowest BCUT2D eigenvalue weighted by atomic mass is 10.3. The standard InChI is InChI=1S/C11H11BrClNO4S/c1-18-9-3-7(12)2-8(4-9)14-6-10(5-11(14)15)19(13,16)17/h2-4,10H,5-6H2,1H3. The summed E-state index contributed by atoms with van der Waals surface area (Å²) < 4.78 is 28.5. The van der Waals surface area contributed by atoms with Gasteiger partial charge < -0.3 is 9.64 Å². The molecule has 8 heteroatoms. The predicted octanol–water partition coefficient (Wildman–Crippen LogP) is 2.13. The van der Waals surface area contributed by atoms with Gasteiger partial charge in [-0.15, -0.1) is 0 Å². The highest BCUT2D eigenvalue weighted by atomic mass is 79.9. The quantitative estimate of drug-likeness (QED) is 0.767. The fraction of sp³-hybridized carbons (Fsp3) is 0.364. The zero-order valence-corrected chi connectivity index (χ0v) is 13.1. The van der Waals surface area contributed by atoms with Crippen LogP contribution in [0.1, 0.15) is 6.42 Å². The van der Waals surface area contributed by atoms with Crippen molar-refractivity contribution in [2.24, 2.45) is 0 Å². The lowest BCUT2D eigenvalue weighted by Crippen LogP contribution is -2.26. The Balaban J connectivity index is 2.33. The molecule has 2 rings (SSSR count). The Kier molecular flexibility index (Phi) is 4.08. The fourth-order valence-electron chi connectivity index (χ4n) is 1.93. The summed E-state index contributed by atoms with van der Waals surface area (Å²) in [5, 5.41) is -0.869. The number of methoxy groups -OCH3 is 1. The molecule has 1 atom stereocenters. The van der Waals surface area contributed by atoms with Gasteiger partial charge in [0.05, 0.1) is 7.11 Å². The van der Waals surface area contributed by atoms with Gasteiger partial charge in [-0.3, -0.25) is 4.79 Å². The molecule has 1 aromatic carbocycles. The first-order valence-electron chi connectivity index (χ1n) is 5.39.